The first-order valence-electron chi connectivity index (χ1n) is 5.59. The Morgan fingerprint density at radius 1 is 1.56 bits per heavy atom. The zero-order valence-corrected chi connectivity index (χ0v) is 10.5. The van der Waals surface area contributed by atoms with E-state index in [1.807, 2.05) is 6.92 Å². The number of hydrogen-bond acceptors (Lipinski definition) is 4. The normalized spacial score (nSPS) is 22.1. The summed E-state index contributed by atoms with van der Waals surface area (Å²) in [5.74, 6) is 0.861. The molecular weight excluding hydrogens is 224 g/mol. The molecule has 5 heteroatoms. The number of hydrogen-bond donors (Lipinski definition) is 1. The summed E-state index contributed by atoms with van der Waals surface area (Å²) in [5.41, 5.74) is 1.04. The molecule has 1 unspecified atom stereocenters. The maximum Gasteiger partial charge on any atom is 0.224 e. The molecule has 0 amide bonds. The van der Waals surface area contributed by atoms with Crippen molar-refractivity contribution >= 4 is 17.4 Å². The van der Waals surface area contributed by atoms with E-state index in [-0.39, 0.29) is 0 Å². The molecule has 0 saturated carbocycles. The number of aryl methyl sites for hydroxylation is 1. The lowest BCUT2D eigenvalue weighted by Gasteiger charge is -2.30. The van der Waals surface area contributed by atoms with Crippen molar-refractivity contribution in [2.24, 2.45) is 0 Å². The van der Waals surface area contributed by atoms with Gasteiger partial charge in [-0.3, -0.25) is 0 Å². The van der Waals surface area contributed by atoms with Gasteiger partial charge in [-0.1, -0.05) is 0 Å². The Morgan fingerprint density at radius 3 is 3.12 bits per heavy atom. The summed E-state index contributed by atoms with van der Waals surface area (Å²) < 4.78 is 0. The molecule has 0 aliphatic carbocycles. The van der Waals surface area contributed by atoms with Gasteiger partial charge in [0.25, 0.3) is 0 Å². The summed E-state index contributed by atoms with van der Waals surface area (Å²) in [6.07, 6.45) is 4.17. The average Bonchev–Trinajstić information content (AvgIpc) is 2.24. The molecule has 88 valence electrons. The minimum Gasteiger partial charge on any atom is -0.366 e. The second-order valence-corrected chi connectivity index (χ2v) is 4.75. The van der Waals surface area contributed by atoms with E-state index in [1.165, 1.54) is 19.4 Å². The number of aromatic nitrogens is 2. The van der Waals surface area contributed by atoms with Crippen molar-refractivity contribution in [2.75, 3.05) is 25.5 Å². The minimum atomic E-state index is 0.303. The molecule has 1 aromatic rings. The predicted molar refractivity (Wildman–Crippen MR) is 65.9 cm³/mol. The molecule has 2 heterocycles. The fourth-order valence-electron chi connectivity index (χ4n) is 2.04. The Morgan fingerprint density at radius 2 is 2.38 bits per heavy atom. The molecule has 2 rings (SSSR count). The highest BCUT2D eigenvalue weighted by Crippen LogP contribution is 2.17. The quantitative estimate of drug-likeness (QED) is 0.803. The van der Waals surface area contributed by atoms with Crippen LogP contribution in [0, 0.1) is 6.92 Å². The summed E-state index contributed by atoms with van der Waals surface area (Å²) in [7, 11) is 2.15. The Kier molecular flexibility index (Phi) is 3.61. The van der Waals surface area contributed by atoms with E-state index in [2.05, 4.69) is 27.2 Å². The first-order chi connectivity index (χ1) is 7.65. The van der Waals surface area contributed by atoms with Crippen molar-refractivity contribution in [3.05, 3.63) is 17.0 Å². The Balaban J connectivity index is 2.05. The van der Waals surface area contributed by atoms with Crippen LogP contribution in [-0.4, -0.2) is 41.0 Å². The third-order valence-electron chi connectivity index (χ3n) is 2.91. The van der Waals surface area contributed by atoms with E-state index in [1.54, 1.807) is 6.20 Å². The van der Waals surface area contributed by atoms with Crippen LogP contribution in [-0.2, 0) is 0 Å². The maximum absolute atomic E-state index is 5.79. The molecule has 0 bridgehead atoms. The molecule has 4 nitrogen and oxygen atoms in total. The number of rotatable bonds is 2. The summed E-state index contributed by atoms with van der Waals surface area (Å²) in [6, 6.07) is 0.461. The van der Waals surface area contributed by atoms with Crippen LogP contribution in [0.4, 0.5) is 5.82 Å². The number of halogens is 1. The SMILES string of the molecule is Cc1cnc(Cl)nc1NC1CCCN(C)C1. The van der Waals surface area contributed by atoms with Gasteiger partial charge >= 0.3 is 0 Å². The van der Waals surface area contributed by atoms with Gasteiger partial charge in [-0.15, -0.1) is 0 Å². The Bertz CT molecular complexity index is 369. The van der Waals surface area contributed by atoms with Crippen LogP contribution in [0.1, 0.15) is 18.4 Å². The fraction of sp³-hybridized carbons (Fsp3) is 0.636. The van der Waals surface area contributed by atoms with E-state index >= 15 is 0 Å². The molecule has 16 heavy (non-hydrogen) atoms. The summed E-state index contributed by atoms with van der Waals surface area (Å²) >= 11 is 5.79. The molecule has 0 spiro atoms. The van der Waals surface area contributed by atoms with E-state index < -0.39 is 0 Å². The van der Waals surface area contributed by atoms with Crippen molar-refractivity contribution in [3.63, 3.8) is 0 Å². The van der Waals surface area contributed by atoms with E-state index in [0.29, 0.717) is 11.3 Å². The van der Waals surface area contributed by atoms with Crippen molar-refractivity contribution in [1.29, 1.82) is 0 Å². The van der Waals surface area contributed by atoms with Crippen molar-refractivity contribution in [1.82, 2.24) is 14.9 Å². The maximum atomic E-state index is 5.79. The zero-order chi connectivity index (χ0) is 11.5. The van der Waals surface area contributed by atoms with Gasteiger partial charge in [-0.25, -0.2) is 9.97 Å². The van der Waals surface area contributed by atoms with Crippen molar-refractivity contribution < 1.29 is 0 Å². The molecule has 0 aromatic carbocycles. The van der Waals surface area contributed by atoms with Gasteiger partial charge in [-0.05, 0) is 45.0 Å². The first-order valence-corrected chi connectivity index (χ1v) is 5.97. The highest BCUT2D eigenvalue weighted by atomic mass is 35.5. The lowest BCUT2D eigenvalue weighted by molar-refractivity contribution is 0.260. The average molecular weight is 241 g/mol. The highest BCUT2D eigenvalue weighted by molar-refractivity contribution is 6.28. The molecule has 1 aliphatic heterocycles. The molecular formula is C11H17ClN4. The van der Waals surface area contributed by atoms with E-state index in [9.17, 15) is 0 Å². The molecule has 0 radical (unpaired) electrons. The standard InChI is InChI=1S/C11H17ClN4/c1-8-6-13-11(12)15-10(8)14-9-4-3-5-16(2)7-9/h6,9H,3-5,7H2,1-2H3,(H,13,14,15). The van der Waals surface area contributed by atoms with E-state index in [4.69, 9.17) is 11.6 Å². The van der Waals surface area contributed by atoms with Gasteiger partial charge in [0.15, 0.2) is 0 Å². The Labute approximate surface area is 101 Å². The topological polar surface area (TPSA) is 41.1 Å². The van der Waals surface area contributed by atoms with Crippen LogP contribution >= 0.6 is 11.6 Å². The van der Waals surface area contributed by atoms with Crippen LogP contribution in [0.3, 0.4) is 0 Å². The van der Waals surface area contributed by atoms with Gasteiger partial charge in [0, 0.05) is 24.3 Å². The van der Waals surface area contributed by atoms with Crippen molar-refractivity contribution in [3.8, 4) is 0 Å². The first kappa shape index (κ1) is 11.6. The number of likely N-dealkylation sites (N-methyl/N-ethyl adjacent to an activating group) is 1. The number of anilines is 1. The third kappa shape index (κ3) is 2.83. The lowest BCUT2D eigenvalue weighted by Crippen LogP contribution is -2.40. The predicted octanol–water partition coefficient (Wildman–Crippen LogP) is 1.94. The van der Waals surface area contributed by atoms with Gasteiger partial charge in [0.1, 0.15) is 5.82 Å². The number of likely N-dealkylation sites (tertiary alicyclic amines) is 1. The van der Waals surface area contributed by atoms with Crippen LogP contribution in [0.5, 0.6) is 0 Å². The third-order valence-corrected chi connectivity index (χ3v) is 3.09. The number of nitrogens with zero attached hydrogens (tertiary/aromatic N) is 3. The summed E-state index contributed by atoms with van der Waals surface area (Å²) in [4.78, 5) is 10.5. The van der Waals surface area contributed by atoms with Crippen LogP contribution in [0.2, 0.25) is 5.28 Å². The largest absolute Gasteiger partial charge is 0.366 e. The second-order valence-electron chi connectivity index (χ2n) is 4.42. The van der Waals surface area contributed by atoms with Gasteiger partial charge in [0.2, 0.25) is 5.28 Å². The van der Waals surface area contributed by atoms with Crippen LogP contribution < -0.4 is 5.32 Å². The molecule has 1 N–H and O–H groups in total. The number of piperidine rings is 1. The van der Waals surface area contributed by atoms with Crippen molar-refractivity contribution in [2.45, 2.75) is 25.8 Å². The van der Waals surface area contributed by atoms with Gasteiger partial charge < -0.3 is 10.2 Å². The molecule has 1 atom stereocenters. The minimum absolute atomic E-state index is 0.303. The van der Waals surface area contributed by atoms with Gasteiger partial charge in [-0.2, -0.15) is 0 Å². The highest BCUT2D eigenvalue weighted by Gasteiger charge is 2.17. The molecule has 1 fully saturated rings. The number of nitrogens with one attached hydrogen (secondary N) is 1. The zero-order valence-electron chi connectivity index (χ0n) is 9.70. The van der Waals surface area contributed by atoms with Crippen LogP contribution in [0.15, 0.2) is 6.20 Å². The van der Waals surface area contributed by atoms with Crippen LogP contribution in [0.25, 0.3) is 0 Å². The summed E-state index contributed by atoms with van der Waals surface area (Å²) in [5, 5.41) is 3.75. The van der Waals surface area contributed by atoms with E-state index in [0.717, 1.165) is 17.9 Å². The fourth-order valence-corrected chi connectivity index (χ4v) is 2.18. The van der Waals surface area contributed by atoms with Gasteiger partial charge in [0.05, 0.1) is 0 Å². The molecule has 1 saturated heterocycles. The second kappa shape index (κ2) is 4.97. The lowest BCUT2D eigenvalue weighted by atomic mass is 10.1. The smallest absolute Gasteiger partial charge is 0.224 e. The Hall–Kier alpha value is -0.870. The molecule has 1 aliphatic rings. The summed E-state index contributed by atoms with van der Waals surface area (Å²) in [6.45, 7) is 4.23. The molecule has 1 aromatic heterocycles. The monoisotopic (exact) mass is 240 g/mol.